The van der Waals surface area contributed by atoms with Crippen LogP contribution in [0.3, 0.4) is 0 Å². The molecule has 0 aliphatic carbocycles. The van der Waals surface area contributed by atoms with Crippen molar-refractivity contribution in [1.82, 2.24) is 9.97 Å². The Hall–Kier alpha value is -1.74. The molecule has 2 aromatic carbocycles. The molecular formula is C17H18N2S. The van der Waals surface area contributed by atoms with E-state index >= 15 is 0 Å². The number of aromatic nitrogens is 2. The number of nitrogens with one attached hydrogen (secondary N) is 1. The lowest BCUT2D eigenvalue weighted by Crippen LogP contribution is -1.82. The van der Waals surface area contributed by atoms with E-state index in [-0.39, 0.29) is 0 Å². The average molecular weight is 282 g/mol. The molecule has 1 N–H and O–H groups in total. The first kappa shape index (κ1) is 13.3. The summed E-state index contributed by atoms with van der Waals surface area (Å²) in [4.78, 5) is 9.32. The van der Waals surface area contributed by atoms with E-state index in [4.69, 9.17) is 0 Å². The Kier molecular flexibility index (Phi) is 4.07. The maximum atomic E-state index is 4.63. The van der Waals surface area contributed by atoms with Crippen molar-refractivity contribution in [1.29, 1.82) is 0 Å². The van der Waals surface area contributed by atoms with Crippen LogP contribution < -0.4 is 0 Å². The number of hydrogen-bond acceptors (Lipinski definition) is 2. The number of unbranched alkanes of at least 4 members (excludes halogenated alkanes) is 1. The molecule has 0 saturated heterocycles. The minimum Gasteiger partial charge on any atom is -0.338 e. The van der Waals surface area contributed by atoms with Crippen LogP contribution in [0.15, 0.2) is 53.4 Å². The van der Waals surface area contributed by atoms with Crippen LogP contribution in [0.1, 0.15) is 19.8 Å². The van der Waals surface area contributed by atoms with Gasteiger partial charge in [-0.25, -0.2) is 4.98 Å². The van der Waals surface area contributed by atoms with Gasteiger partial charge in [0.05, 0.1) is 11.0 Å². The van der Waals surface area contributed by atoms with E-state index < -0.39 is 0 Å². The summed E-state index contributed by atoms with van der Waals surface area (Å²) < 4.78 is 0. The highest BCUT2D eigenvalue weighted by atomic mass is 32.2. The number of para-hydroxylation sites is 2. The van der Waals surface area contributed by atoms with Gasteiger partial charge < -0.3 is 4.98 Å². The lowest BCUT2D eigenvalue weighted by molar-refractivity contribution is 0.896. The molecule has 0 aliphatic heterocycles. The zero-order valence-electron chi connectivity index (χ0n) is 11.6. The minimum atomic E-state index is 0.941. The van der Waals surface area contributed by atoms with E-state index in [1.165, 1.54) is 23.5 Å². The molecular weight excluding hydrogens is 264 g/mol. The summed E-state index contributed by atoms with van der Waals surface area (Å²) in [6.45, 7) is 2.23. The summed E-state index contributed by atoms with van der Waals surface area (Å²) in [6.07, 6.45) is 2.53. The van der Waals surface area contributed by atoms with Crippen molar-refractivity contribution in [2.75, 3.05) is 5.75 Å². The number of aromatic amines is 1. The van der Waals surface area contributed by atoms with E-state index in [0.717, 1.165) is 22.4 Å². The molecule has 1 heterocycles. The summed E-state index contributed by atoms with van der Waals surface area (Å²) >= 11 is 1.92. The van der Waals surface area contributed by atoms with E-state index in [1.54, 1.807) is 0 Å². The highest BCUT2D eigenvalue weighted by molar-refractivity contribution is 7.99. The molecule has 2 nitrogen and oxygen atoms in total. The van der Waals surface area contributed by atoms with Gasteiger partial charge in [-0.05, 0) is 36.4 Å². The highest BCUT2D eigenvalue weighted by Crippen LogP contribution is 2.24. The Labute approximate surface area is 123 Å². The molecule has 20 heavy (non-hydrogen) atoms. The first-order chi connectivity index (χ1) is 9.86. The maximum absolute atomic E-state index is 4.63. The second-order valence-electron chi connectivity index (χ2n) is 4.83. The van der Waals surface area contributed by atoms with Gasteiger partial charge in [-0.2, -0.15) is 0 Å². The molecule has 3 aromatic rings. The van der Waals surface area contributed by atoms with Crippen LogP contribution in [-0.4, -0.2) is 15.7 Å². The Bertz CT molecular complexity index is 653. The third kappa shape index (κ3) is 2.88. The second-order valence-corrected chi connectivity index (χ2v) is 6.00. The minimum absolute atomic E-state index is 0.941. The van der Waals surface area contributed by atoms with Gasteiger partial charge in [-0.3, -0.25) is 0 Å². The van der Waals surface area contributed by atoms with Crippen molar-refractivity contribution in [2.24, 2.45) is 0 Å². The number of rotatable bonds is 5. The van der Waals surface area contributed by atoms with Gasteiger partial charge in [0, 0.05) is 10.5 Å². The highest BCUT2D eigenvalue weighted by Gasteiger charge is 2.04. The molecule has 0 unspecified atom stereocenters. The van der Waals surface area contributed by atoms with Gasteiger partial charge in [0.25, 0.3) is 0 Å². The van der Waals surface area contributed by atoms with Gasteiger partial charge in [-0.1, -0.05) is 37.6 Å². The predicted molar refractivity (Wildman–Crippen MR) is 87.2 cm³/mol. The Morgan fingerprint density at radius 1 is 1.05 bits per heavy atom. The molecule has 1 aromatic heterocycles. The molecule has 0 radical (unpaired) electrons. The first-order valence-electron chi connectivity index (χ1n) is 7.05. The lowest BCUT2D eigenvalue weighted by atomic mass is 10.2. The molecule has 0 amide bonds. The van der Waals surface area contributed by atoms with Crippen molar-refractivity contribution >= 4 is 22.8 Å². The molecule has 0 spiro atoms. The summed E-state index contributed by atoms with van der Waals surface area (Å²) in [7, 11) is 0. The number of fused-ring (bicyclic) bond motifs is 1. The van der Waals surface area contributed by atoms with Gasteiger partial charge in [-0.15, -0.1) is 11.8 Å². The standard InChI is InChI=1S/C17H18N2S/c1-2-3-12-20-14-10-8-13(9-11-14)17-18-15-6-4-5-7-16(15)19-17/h4-11H,2-3,12H2,1H3,(H,18,19). The number of benzene rings is 2. The smallest absolute Gasteiger partial charge is 0.138 e. The molecule has 0 aliphatic rings. The molecule has 3 heteroatoms. The van der Waals surface area contributed by atoms with Crippen molar-refractivity contribution in [3.05, 3.63) is 48.5 Å². The summed E-state index contributed by atoms with van der Waals surface area (Å²) in [5.74, 6) is 2.14. The van der Waals surface area contributed by atoms with Crippen molar-refractivity contribution in [3.63, 3.8) is 0 Å². The van der Waals surface area contributed by atoms with Crippen LogP contribution in [0.5, 0.6) is 0 Å². The summed E-state index contributed by atoms with van der Waals surface area (Å²) in [6, 6.07) is 16.8. The van der Waals surface area contributed by atoms with E-state index in [1.807, 2.05) is 30.0 Å². The third-order valence-corrected chi connectivity index (χ3v) is 4.38. The zero-order valence-corrected chi connectivity index (χ0v) is 12.4. The monoisotopic (exact) mass is 282 g/mol. The predicted octanol–water partition coefficient (Wildman–Crippen LogP) is 5.12. The Morgan fingerprint density at radius 3 is 2.60 bits per heavy atom. The summed E-state index contributed by atoms with van der Waals surface area (Å²) in [5, 5.41) is 0. The zero-order chi connectivity index (χ0) is 13.8. The topological polar surface area (TPSA) is 28.7 Å². The Balaban J connectivity index is 1.79. The van der Waals surface area contributed by atoms with E-state index in [9.17, 15) is 0 Å². The molecule has 0 fully saturated rings. The largest absolute Gasteiger partial charge is 0.338 e. The van der Waals surface area contributed by atoms with Gasteiger partial charge in [0.15, 0.2) is 0 Å². The van der Waals surface area contributed by atoms with Crippen LogP contribution >= 0.6 is 11.8 Å². The third-order valence-electron chi connectivity index (χ3n) is 3.28. The van der Waals surface area contributed by atoms with Crippen LogP contribution in [0, 0.1) is 0 Å². The van der Waals surface area contributed by atoms with Crippen LogP contribution in [0.2, 0.25) is 0 Å². The molecule has 102 valence electrons. The van der Waals surface area contributed by atoms with E-state index in [0.29, 0.717) is 0 Å². The van der Waals surface area contributed by atoms with Gasteiger partial charge in [0.2, 0.25) is 0 Å². The fraction of sp³-hybridized carbons (Fsp3) is 0.235. The molecule has 0 atom stereocenters. The normalized spacial score (nSPS) is 11.1. The number of hydrogen-bond donors (Lipinski definition) is 1. The Morgan fingerprint density at radius 2 is 1.85 bits per heavy atom. The summed E-state index contributed by atoms with van der Waals surface area (Å²) in [5.41, 5.74) is 3.24. The fourth-order valence-corrected chi connectivity index (χ4v) is 3.13. The molecule has 3 rings (SSSR count). The molecule has 0 saturated carbocycles. The van der Waals surface area contributed by atoms with Crippen molar-refractivity contribution in [2.45, 2.75) is 24.7 Å². The van der Waals surface area contributed by atoms with E-state index in [2.05, 4.69) is 47.2 Å². The lowest BCUT2D eigenvalue weighted by Gasteiger charge is -2.02. The maximum Gasteiger partial charge on any atom is 0.138 e. The van der Waals surface area contributed by atoms with Crippen molar-refractivity contribution in [3.8, 4) is 11.4 Å². The SMILES string of the molecule is CCCCSc1ccc(-c2nc3ccccc3[nH]2)cc1. The van der Waals surface area contributed by atoms with Gasteiger partial charge >= 0.3 is 0 Å². The van der Waals surface area contributed by atoms with Gasteiger partial charge in [0.1, 0.15) is 5.82 Å². The quantitative estimate of drug-likeness (QED) is 0.519. The van der Waals surface area contributed by atoms with Crippen LogP contribution in [-0.2, 0) is 0 Å². The van der Waals surface area contributed by atoms with Crippen LogP contribution in [0.25, 0.3) is 22.4 Å². The van der Waals surface area contributed by atoms with Crippen LogP contribution in [0.4, 0.5) is 0 Å². The number of nitrogens with zero attached hydrogens (tertiary/aromatic N) is 1. The number of thioether (sulfide) groups is 1. The first-order valence-corrected chi connectivity index (χ1v) is 8.03. The average Bonchev–Trinajstić information content (AvgIpc) is 2.92. The molecule has 0 bridgehead atoms. The second kappa shape index (κ2) is 6.14. The fourth-order valence-electron chi connectivity index (χ4n) is 2.13. The van der Waals surface area contributed by atoms with Crippen molar-refractivity contribution < 1.29 is 0 Å². The number of imidazole rings is 1. The number of H-pyrrole nitrogens is 1.